The van der Waals surface area contributed by atoms with Crippen LogP contribution in [-0.2, 0) is 19.7 Å². The number of benzene rings is 1. The summed E-state index contributed by atoms with van der Waals surface area (Å²) in [5, 5.41) is 9.63. The third-order valence-corrected chi connectivity index (χ3v) is 4.89. The maximum absolute atomic E-state index is 12.3. The Morgan fingerprint density at radius 2 is 2.04 bits per heavy atom. The van der Waals surface area contributed by atoms with E-state index in [2.05, 4.69) is 6.07 Å². The number of para-hydroxylation sites is 1. The van der Waals surface area contributed by atoms with Crippen molar-refractivity contribution in [3.8, 4) is 6.07 Å². The van der Waals surface area contributed by atoms with Gasteiger partial charge in [0.15, 0.2) is 12.1 Å². The number of hydrogen-bond donors (Lipinski definition) is 0. The molecule has 1 aromatic carbocycles. The Hall–Kier alpha value is -2.55. The molecule has 1 amide bonds. The summed E-state index contributed by atoms with van der Waals surface area (Å²) < 4.78 is 10.4. The minimum absolute atomic E-state index is 0.497. The zero-order valence-electron chi connectivity index (χ0n) is 13.5. The molecule has 2 aliphatic heterocycles. The highest BCUT2D eigenvalue weighted by molar-refractivity contribution is 5.96. The number of amides is 1. The van der Waals surface area contributed by atoms with Gasteiger partial charge in [0, 0.05) is 0 Å². The fraction of sp³-hybridized carbons (Fsp3) is 0.471. The predicted molar refractivity (Wildman–Crippen MR) is 81.4 cm³/mol. The van der Waals surface area contributed by atoms with Crippen LogP contribution in [0.15, 0.2) is 24.3 Å². The van der Waals surface area contributed by atoms with Crippen molar-refractivity contribution in [1.29, 1.82) is 5.26 Å². The van der Waals surface area contributed by atoms with Gasteiger partial charge in [0.2, 0.25) is 0 Å². The van der Waals surface area contributed by atoms with Gasteiger partial charge in [-0.25, -0.2) is 9.69 Å². The number of esters is 1. The second kappa shape index (κ2) is 4.72. The molecule has 0 radical (unpaired) electrons. The third-order valence-electron chi connectivity index (χ3n) is 4.89. The largest absolute Gasteiger partial charge is 0.452 e. The molecule has 0 saturated carbocycles. The van der Waals surface area contributed by atoms with Crippen molar-refractivity contribution in [2.24, 2.45) is 11.3 Å². The molecule has 0 aliphatic carbocycles. The Labute approximate surface area is 134 Å². The number of carbonyl (C=O) groups excluding carboxylic acids is 2. The number of anilines is 1. The van der Waals surface area contributed by atoms with E-state index in [1.54, 1.807) is 12.1 Å². The topological polar surface area (TPSA) is 79.6 Å². The molecule has 0 spiro atoms. The van der Waals surface area contributed by atoms with Gasteiger partial charge in [-0.05, 0) is 17.0 Å². The molecule has 1 saturated heterocycles. The van der Waals surface area contributed by atoms with Crippen LogP contribution < -0.4 is 4.90 Å². The molecule has 1 aromatic rings. The average Bonchev–Trinajstić information content (AvgIpc) is 2.95. The van der Waals surface area contributed by atoms with Crippen molar-refractivity contribution in [3.05, 3.63) is 29.8 Å². The fourth-order valence-electron chi connectivity index (χ4n) is 3.96. The van der Waals surface area contributed by atoms with E-state index in [1.807, 2.05) is 32.9 Å². The molecule has 1 fully saturated rings. The lowest BCUT2D eigenvalue weighted by Gasteiger charge is -2.42. The Balaban J connectivity index is 2.36. The first-order chi connectivity index (χ1) is 10.8. The number of fused-ring (bicyclic) bond motifs is 3. The fourth-order valence-corrected chi connectivity index (χ4v) is 3.96. The summed E-state index contributed by atoms with van der Waals surface area (Å²) in [6.45, 7) is 5.84. The third kappa shape index (κ3) is 1.68. The lowest BCUT2D eigenvalue weighted by molar-refractivity contribution is -0.142. The van der Waals surface area contributed by atoms with Crippen LogP contribution in [0.25, 0.3) is 0 Å². The van der Waals surface area contributed by atoms with E-state index in [0.29, 0.717) is 5.69 Å². The quantitative estimate of drug-likeness (QED) is 0.688. The van der Waals surface area contributed by atoms with Gasteiger partial charge in [-0.1, -0.05) is 39.0 Å². The highest BCUT2D eigenvalue weighted by Gasteiger charge is 2.71. The average molecular weight is 314 g/mol. The van der Waals surface area contributed by atoms with Gasteiger partial charge in [-0.3, -0.25) is 4.79 Å². The van der Waals surface area contributed by atoms with Crippen LogP contribution in [0.1, 0.15) is 26.3 Å². The normalized spacial score (nSPS) is 28.7. The molecule has 6 nitrogen and oxygen atoms in total. The summed E-state index contributed by atoms with van der Waals surface area (Å²) in [5.41, 5.74) is -0.0560. The minimum atomic E-state index is -0.983. The van der Waals surface area contributed by atoms with Crippen molar-refractivity contribution >= 4 is 17.7 Å². The van der Waals surface area contributed by atoms with Crippen molar-refractivity contribution in [2.75, 3.05) is 12.0 Å². The molecule has 0 unspecified atom stereocenters. The summed E-state index contributed by atoms with van der Waals surface area (Å²) in [6, 6.07) is 9.36. The molecule has 2 aliphatic rings. The van der Waals surface area contributed by atoms with E-state index in [9.17, 15) is 14.9 Å². The molecule has 3 rings (SSSR count). The smallest absolute Gasteiger partial charge is 0.417 e. The minimum Gasteiger partial charge on any atom is -0.452 e. The SMILES string of the molecule is COC(=O)N1c2ccccc2[C@@]2(C(C)(C)C)[C@@H](C#N)C(=O)O[C@@H]12. The number of ether oxygens (including phenoxy) is 2. The zero-order valence-corrected chi connectivity index (χ0v) is 13.5. The summed E-state index contributed by atoms with van der Waals surface area (Å²) in [6.07, 6.45) is -1.50. The molecule has 3 atom stereocenters. The Morgan fingerprint density at radius 1 is 1.39 bits per heavy atom. The number of nitriles is 1. The maximum Gasteiger partial charge on any atom is 0.417 e. The van der Waals surface area contributed by atoms with E-state index in [-0.39, 0.29) is 0 Å². The highest BCUT2D eigenvalue weighted by Crippen LogP contribution is 2.61. The number of hydrogen-bond acceptors (Lipinski definition) is 5. The molecule has 6 heteroatoms. The van der Waals surface area contributed by atoms with Gasteiger partial charge in [0.1, 0.15) is 0 Å². The van der Waals surface area contributed by atoms with E-state index in [1.165, 1.54) is 12.0 Å². The molecule has 0 bridgehead atoms. The highest BCUT2D eigenvalue weighted by atomic mass is 16.6. The monoisotopic (exact) mass is 314 g/mol. The van der Waals surface area contributed by atoms with E-state index in [0.717, 1.165) is 5.56 Å². The van der Waals surface area contributed by atoms with Crippen LogP contribution in [-0.4, -0.2) is 25.4 Å². The van der Waals surface area contributed by atoms with Crippen LogP contribution in [0.3, 0.4) is 0 Å². The van der Waals surface area contributed by atoms with Crippen LogP contribution in [0.5, 0.6) is 0 Å². The molecule has 2 heterocycles. The van der Waals surface area contributed by atoms with Gasteiger partial charge in [0.05, 0.1) is 24.3 Å². The summed E-state index contributed by atoms with van der Waals surface area (Å²) in [5.74, 6) is -1.58. The van der Waals surface area contributed by atoms with Gasteiger partial charge >= 0.3 is 12.1 Å². The van der Waals surface area contributed by atoms with Crippen molar-refractivity contribution in [3.63, 3.8) is 0 Å². The first-order valence-electron chi connectivity index (χ1n) is 7.37. The lowest BCUT2D eigenvalue weighted by atomic mass is 9.57. The summed E-state index contributed by atoms with van der Waals surface area (Å²) in [4.78, 5) is 26.0. The van der Waals surface area contributed by atoms with Crippen LogP contribution in [0.2, 0.25) is 0 Å². The molecule has 120 valence electrons. The maximum atomic E-state index is 12.3. The van der Waals surface area contributed by atoms with Crippen LogP contribution >= 0.6 is 0 Å². The van der Waals surface area contributed by atoms with Crippen molar-refractivity contribution in [2.45, 2.75) is 32.4 Å². The molecule has 0 N–H and O–H groups in total. The lowest BCUT2D eigenvalue weighted by Crippen LogP contribution is -2.54. The number of methoxy groups -OCH3 is 1. The predicted octanol–water partition coefficient (Wildman–Crippen LogP) is 2.58. The second-order valence-electron chi connectivity index (χ2n) is 6.83. The molecular weight excluding hydrogens is 296 g/mol. The van der Waals surface area contributed by atoms with Gasteiger partial charge in [0.25, 0.3) is 0 Å². The van der Waals surface area contributed by atoms with Crippen LogP contribution in [0, 0.1) is 22.7 Å². The van der Waals surface area contributed by atoms with E-state index in [4.69, 9.17) is 9.47 Å². The number of nitrogens with zero attached hydrogens (tertiary/aromatic N) is 2. The van der Waals surface area contributed by atoms with Crippen molar-refractivity contribution < 1.29 is 19.1 Å². The van der Waals surface area contributed by atoms with Crippen molar-refractivity contribution in [1.82, 2.24) is 0 Å². The standard InChI is InChI=1S/C17H18N2O4/c1-16(2,3)17-10-7-5-6-8-12(10)19(15(21)22-4)14(17)23-13(20)11(17)9-18/h5-8,11,14H,1-4H3/t11-,14+,17+/m0/s1. The van der Waals surface area contributed by atoms with Gasteiger partial charge < -0.3 is 9.47 Å². The number of carbonyl (C=O) groups is 2. The number of rotatable bonds is 0. The van der Waals surface area contributed by atoms with E-state index >= 15 is 0 Å². The Bertz CT molecular complexity index is 731. The molecule has 0 aromatic heterocycles. The summed E-state index contributed by atoms with van der Waals surface area (Å²) >= 11 is 0. The molecular formula is C17H18N2O4. The Kier molecular flexibility index (Phi) is 3.15. The Morgan fingerprint density at radius 3 is 2.61 bits per heavy atom. The zero-order chi connectivity index (χ0) is 17.0. The van der Waals surface area contributed by atoms with Crippen LogP contribution in [0.4, 0.5) is 10.5 Å². The first kappa shape index (κ1) is 15.3. The summed E-state index contributed by atoms with van der Waals surface area (Å²) in [7, 11) is 1.28. The first-order valence-corrected chi connectivity index (χ1v) is 7.37. The van der Waals surface area contributed by atoms with Gasteiger partial charge in [-0.15, -0.1) is 0 Å². The molecule has 23 heavy (non-hydrogen) atoms. The van der Waals surface area contributed by atoms with Gasteiger partial charge in [-0.2, -0.15) is 5.26 Å². The second-order valence-corrected chi connectivity index (χ2v) is 6.83. The van der Waals surface area contributed by atoms with E-state index < -0.39 is 35.0 Å².